The summed E-state index contributed by atoms with van der Waals surface area (Å²) in [7, 11) is 0. The third-order valence-corrected chi connectivity index (χ3v) is 2.68. The third-order valence-electron chi connectivity index (χ3n) is 2.45. The zero-order chi connectivity index (χ0) is 13.7. The van der Waals surface area contributed by atoms with Gasteiger partial charge in [-0.25, -0.2) is 9.97 Å². The van der Waals surface area contributed by atoms with E-state index in [-0.39, 0.29) is 12.3 Å². The van der Waals surface area contributed by atoms with E-state index in [1.165, 1.54) is 6.33 Å². The van der Waals surface area contributed by atoms with Crippen molar-refractivity contribution in [2.45, 2.75) is 6.42 Å². The molecule has 6 heteroatoms. The summed E-state index contributed by atoms with van der Waals surface area (Å²) >= 11 is 4.86. The van der Waals surface area contributed by atoms with Crippen molar-refractivity contribution in [2.24, 2.45) is 5.73 Å². The number of hydrogen-bond donors (Lipinski definition) is 2. The lowest BCUT2D eigenvalue weighted by Crippen LogP contribution is -2.15. The van der Waals surface area contributed by atoms with Crippen LogP contribution in [0.1, 0.15) is 11.1 Å². The maximum atomic E-state index is 11.8. The second-order valence-corrected chi connectivity index (χ2v) is 4.35. The number of nitrogens with one attached hydrogen (secondary N) is 1. The molecule has 0 aliphatic heterocycles. The van der Waals surface area contributed by atoms with Crippen molar-refractivity contribution in [1.29, 1.82) is 0 Å². The van der Waals surface area contributed by atoms with Gasteiger partial charge in [0.1, 0.15) is 11.3 Å². The summed E-state index contributed by atoms with van der Waals surface area (Å²) in [5.74, 6) is -0.127. The number of nitrogens with two attached hydrogens (primary N) is 1. The Hall–Kier alpha value is -2.34. The number of carbonyl (C=O) groups excluding carboxylic acids is 1. The molecule has 2 aromatic rings. The minimum Gasteiger partial charge on any atom is -0.389 e. The van der Waals surface area contributed by atoms with E-state index in [0.717, 1.165) is 11.1 Å². The maximum Gasteiger partial charge on any atom is 0.228 e. The van der Waals surface area contributed by atoms with E-state index in [1.807, 2.05) is 12.1 Å². The first-order chi connectivity index (χ1) is 9.15. The van der Waals surface area contributed by atoms with Crippen molar-refractivity contribution in [1.82, 2.24) is 9.97 Å². The zero-order valence-electron chi connectivity index (χ0n) is 10.0. The second-order valence-electron chi connectivity index (χ2n) is 3.91. The lowest BCUT2D eigenvalue weighted by Gasteiger charge is -2.05. The van der Waals surface area contributed by atoms with Crippen LogP contribution in [0.4, 0.5) is 5.69 Å². The van der Waals surface area contributed by atoms with Gasteiger partial charge in [-0.15, -0.1) is 0 Å². The monoisotopic (exact) mass is 272 g/mol. The number of aromatic nitrogens is 2. The molecule has 0 aliphatic carbocycles. The van der Waals surface area contributed by atoms with Crippen molar-refractivity contribution in [2.75, 3.05) is 5.32 Å². The van der Waals surface area contributed by atoms with Crippen LogP contribution in [0.2, 0.25) is 0 Å². The summed E-state index contributed by atoms with van der Waals surface area (Å²) in [5.41, 5.74) is 7.75. The van der Waals surface area contributed by atoms with E-state index in [1.54, 1.807) is 24.5 Å². The van der Waals surface area contributed by atoms with Gasteiger partial charge in [0.2, 0.25) is 5.91 Å². The molecule has 0 spiro atoms. The smallest absolute Gasteiger partial charge is 0.228 e. The number of thiocarbonyl (C=S) groups is 1. The molecular weight excluding hydrogens is 260 g/mol. The molecule has 0 aliphatic rings. The van der Waals surface area contributed by atoms with Crippen LogP contribution >= 0.6 is 12.2 Å². The van der Waals surface area contributed by atoms with Crippen molar-refractivity contribution in [3.05, 3.63) is 54.1 Å². The fourth-order valence-electron chi connectivity index (χ4n) is 1.54. The van der Waals surface area contributed by atoms with Gasteiger partial charge >= 0.3 is 0 Å². The molecule has 0 saturated carbocycles. The standard InChI is InChI=1S/C13H12N4OS/c14-13(19)10-3-1-9(2-4-10)5-12(18)17-11-6-15-8-16-7-11/h1-4,6-8H,5H2,(H2,14,19)(H,17,18). The first-order valence-electron chi connectivity index (χ1n) is 5.59. The topological polar surface area (TPSA) is 80.9 Å². The van der Waals surface area contributed by atoms with E-state index in [0.29, 0.717) is 10.7 Å². The molecule has 19 heavy (non-hydrogen) atoms. The summed E-state index contributed by atoms with van der Waals surface area (Å²) in [6.07, 6.45) is 4.76. The van der Waals surface area contributed by atoms with Crippen LogP contribution in [0.5, 0.6) is 0 Å². The van der Waals surface area contributed by atoms with Crippen LogP contribution in [-0.4, -0.2) is 20.9 Å². The Bertz CT molecular complexity index is 583. The highest BCUT2D eigenvalue weighted by molar-refractivity contribution is 7.80. The minimum atomic E-state index is -0.127. The van der Waals surface area contributed by atoms with Gasteiger partial charge in [-0.05, 0) is 5.56 Å². The molecule has 1 heterocycles. The van der Waals surface area contributed by atoms with Gasteiger partial charge in [-0.1, -0.05) is 36.5 Å². The van der Waals surface area contributed by atoms with E-state index in [2.05, 4.69) is 15.3 Å². The molecular formula is C13H12N4OS. The number of benzene rings is 1. The molecule has 96 valence electrons. The largest absolute Gasteiger partial charge is 0.389 e. The maximum absolute atomic E-state index is 11.8. The van der Waals surface area contributed by atoms with E-state index < -0.39 is 0 Å². The zero-order valence-corrected chi connectivity index (χ0v) is 10.9. The van der Waals surface area contributed by atoms with E-state index in [4.69, 9.17) is 18.0 Å². The molecule has 1 amide bonds. The van der Waals surface area contributed by atoms with Crippen LogP contribution in [0.25, 0.3) is 0 Å². The van der Waals surface area contributed by atoms with Crippen LogP contribution in [-0.2, 0) is 11.2 Å². The van der Waals surface area contributed by atoms with Crippen LogP contribution in [0, 0.1) is 0 Å². The molecule has 2 rings (SSSR count). The van der Waals surface area contributed by atoms with Gasteiger partial charge in [-0.2, -0.15) is 0 Å². The van der Waals surface area contributed by atoms with Crippen LogP contribution < -0.4 is 11.1 Å². The van der Waals surface area contributed by atoms with Gasteiger partial charge < -0.3 is 11.1 Å². The minimum absolute atomic E-state index is 0.127. The van der Waals surface area contributed by atoms with Gasteiger partial charge in [0, 0.05) is 5.56 Å². The molecule has 1 aromatic heterocycles. The Morgan fingerprint density at radius 2 is 1.84 bits per heavy atom. The predicted molar refractivity (Wildman–Crippen MR) is 76.7 cm³/mol. The van der Waals surface area contributed by atoms with Crippen molar-refractivity contribution < 1.29 is 4.79 Å². The highest BCUT2D eigenvalue weighted by Gasteiger charge is 2.05. The summed E-state index contributed by atoms with van der Waals surface area (Å²) in [5, 5.41) is 2.71. The van der Waals surface area contributed by atoms with Crippen LogP contribution in [0.15, 0.2) is 43.0 Å². The highest BCUT2D eigenvalue weighted by atomic mass is 32.1. The molecule has 5 nitrogen and oxygen atoms in total. The molecule has 0 fully saturated rings. The number of anilines is 1. The molecule has 0 atom stereocenters. The quantitative estimate of drug-likeness (QED) is 0.820. The Kier molecular flexibility index (Phi) is 4.15. The van der Waals surface area contributed by atoms with Crippen molar-refractivity contribution >= 4 is 28.8 Å². The lowest BCUT2D eigenvalue weighted by molar-refractivity contribution is -0.115. The fourth-order valence-corrected chi connectivity index (χ4v) is 1.68. The molecule has 3 N–H and O–H groups in total. The molecule has 1 aromatic carbocycles. The van der Waals surface area contributed by atoms with Crippen molar-refractivity contribution in [3.63, 3.8) is 0 Å². The number of nitrogens with zero attached hydrogens (tertiary/aromatic N) is 2. The number of carbonyl (C=O) groups is 1. The first kappa shape index (κ1) is 13.1. The van der Waals surface area contributed by atoms with Gasteiger partial charge in [0.15, 0.2) is 0 Å². The summed E-state index contributed by atoms with van der Waals surface area (Å²) in [6, 6.07) is 7.26. The van der Waals surface area contributed by atoms with Gasteiger partial charge in [0.05, 0.1) is 24.5 Å². The van der Waals surface area contributed by atoms with Crippen molar-refractivity contribution in [3.8, 4) is 0 Å². The second kappa shape index (κ2) is 6.01. The predicted octanol–water partition coefficient (Wildman–Crippen LogP) is 1.29. The Morgan fingerprint density at radius 3 is 2.42 bits per heavy atom. The van der Waals surface area contributed by atoms with Gasteiger partial charge in [0.25, 0.3) is 0 Å². The number of hydrogen-bond acceptors (Lipinski definition) is 4. The van der Waals surface area contributed by atoms with Gasteiger partial charge in [-0.3, -0.25) is 4.79 Å². The Morgan fingerprint density at radius 1 is 1.21 bits per heavy atom. The number of rotatable bonds is 4. The first-order valence-corrected chi connectivity index (χ1v) is 5.99. The Balaban J connectivity index is 1.97. The summed E-state index contributed by atoms with van der Waals surface area (Å²) in [4.78, 5) is 19.8. The number of amides is 1. The van der Waals surface area contributed by atoms with E-state index >= 15 is 0 Å². The lowest BCUT2D eigenvalue weighted by atomic mass is 10.1. The van der Waals surface area contributed by atoms with E-state index in [9.17, 15) is 4.79 Å². The SMILES string of the molecule is NC(=S)c1ccc(CC(=O)Nc2cncnc2)cc1. The molecule has 0 saturated heterocycles. The third kappa shape index (κ3) is 3.82. The van der Waals surface area contributed by atoms with Crippen LogP contribution in [0.3, 0.4) is 0 Å². The average molecular weight is 272 g/mol. The molecule has 0 unspecified atom stereocenters. The molecule has 0 radical (unpaired) electrons. The average Bonchev–Trinajstić information content (AvgIpc) is 2.40. The highest BCUT2D eigenvalue weighted by Crippen LogP contribution is 2.07. The summed E-state index contributed by atoms with van der Waals surface area (Å²) in [6.45, 7) is 0. The Labute approximate surface area is 115 Å². The summed E-state index contributed by atoms with van der Waals surface area (Å²) < 4.78 is 0. The molecule has 0 bridgehead atoms. The fraction of sp³-hybridized carbons (Fsp3) is 0.0769. The normalized spacial score (nSPS) is 9.89.